The van der Waals surface area contributed by atoms with Crippen LogP contribution in [0.25, 0.3) is 0 Å². The predicted octanol–water partition coefficient (Wildman–Crippen LogP) is 0.588. The summed E-state index contributed by atoms with van der Waals surface area (Å²) in [5.41, 5.74) is 0.0995. The molecule has 2 unspecified atom stereocenters. The number of hydrogen-bond donors (Lipinski definition) is 1. The molecule has 0 bridgehead atoms. The molecule has 0 radical (unpaired) electrons. The van der Waals surface area contributed by atoms with Crippen LogP contribution in [-0.2, 0) is 9.53 Å². The molecule has 1 N–H and O–H groups in total. The summed E-state index contributed by atoms with van der Waals surface area (Å²) in [6.45, 7) is 3.61. The van der Waals surface area contributed by atoms with Crippen molar-refractivity contribution in [2.45, 2.75) is 20.0 Å². The van der Waals surface area contributed by atoms with Crippen LogP contribution in [0.2, 0.25) is 0 Å². The first kappa shape index (κ1) is 6.26. The van der Waals surface area contributed by atoms with Crippen LogP contribution in [0.3, 0.4) is 0 Å². The summed E-state index contributed by atoms with van der Waals surface area (Å²) in [4.78, 5) is 10.5. The summed E-state index contributed by atoms with van der Waals surface area (Å²) in [6, 6.07) is 0. The Balaban J connectivity index is 2.77. The number of hydrogen-bond acceptors (Lipinski definition) is 3. The number of nitrogens with one attached hydrogen (secondary N) is 1. The van der Waals surface area contributed by atoms with Crippen LogP contribution in [0.4, 0.5) is 0 Å². The summed E-state index contributed by atoms with van der Waals surface area (Å²) >= 11 is 0. The largest absolute Gasteiger partial charge is 0.457 e. The van der Waals surface area contributed by atoms with Crippen molar-refractivity contribution in [1.29, 1.82) is 5.41 Å². The number of cyclic esters (lactones) is 1. The first-order valence-electron chi connectivity index (χ1n) is 2.92. The topological polar surface area (TPSA) is 50.2 Å². The average molecular weight is 127 g/mol. The maximum Gasteiger partial charge on any atom is 0.352 e. The smallest absolute Gasteiger partial charge is 0.352 e. The zero-order valence-corrected chi connectivity index (χ0v) is 5.47. The molecule has 0 aromatic carbocycles. The lowest BCUT2D eigenvalue weighted by atomic mass is 10.0. The van der Waals surface area contributed by atoms with Gasteiger partial charge in [-0.05, 0) is 6.92 Å². The minimum absolute atomic E-state index is 0.0301. The van der Waals surface area contributed by atoms with Crippen molar-refractivity contribution in [3.05, 3.63) is 0 Å². The fourth-order valence-electron chi connectivity index (χ4n) is 0.755. The Kier molecular flexibility index (Phi) is 1.27. The third-order valence-electron chi connectivity index (χ3n) is 1.67. The zero-order valence-electron chi connectivity index (χ0n) is 5.47. The lowest BCUT2D eigenvalue weighted by molar-refractivity contribution is -0.136. The van der Waals surface area contributed by atoms with Gasteiger partial charge in [-0.2, -0.15) is 0 Å². The van der Waals surface area contributed by atoms with Crippen LogP contribution in [0.1, 0.15) is 13.8 Å². The minimum Gasteiger partial charge on any atom is -0.457 e. The number of esters is 1. The van der Waals surface area contributed by atoms with E-state index in [9.17, 15) is 4.79 Å². The lowest BCUT2D eigenvalue weighted by Crippen LogP contribution is -2.13. The van der Waals surface area contributed by atoms with Gasteiger partial charge in [0.1, 0.15) is 11.8 Å². The Morgan fingerprint density at radius 2 is 2.11 bits per heavy atom. The second kappa shape index (κ2) is 1.83. The molecule has 1 fully saturated rings. The molecule has 0 aliphatic carbocycles. The summed E-state index contributed by atoms with van der Waals surface area (Å²) in [5.74, 6) is -0.493. The standard InChI is InChI=1S/C6H9NO2/c1-3-4(2)9-6(8)5(3)7/h3-4,7H,1-2H3. The van der Waals surface area contributed by atoms with Gasteiger partial charge in [-0.3, -0.25) is 5.41 Å². The van der Waals surface area contributed by atoms with Gasteiger partial charge in [0.05, 0.1) is 0 Å². The highest BCUT2D eigenvalue weighted by Crippen LogP contribution is 2.16. The third-order valence-corrected chi connectivity index (χ3v) is 1.67. The molecule has 1 saturated heterocycles. The Bertz CT molecular complexity index is 164. The van der Waals surface area contributed by atoms with Crippen molar-refractivity contribution in [3.8, 4) is 0 Å². The molecule has 0 spiro atoms. The van der Waals surface area contributed by atoms with Crippen LogP contribution < -0.4 is 0 Å². The monoisotopic (exact) mass is 127 g/mol. The SMILES string of the molecule is CC1OC(=O)C(=N)C1C. The molecule has 0 amide bonds. The van der Waals surface area contributed by atoms with E-state index in [0.717, 1.165) is 0 Å². The normalized spacial score (nSPS) is 34.9. The van der Waals surface area contributed by atoms with E-state index in [1.165, 1.54) is 0 Å². The molecule has 3 heteroatoms. The van der Waals surface area contributed by atoms with Crippen LogP contribution >= 0.6 is 0 Å². The van der Waals surface area contributed by atoms with Crippen molar-refractivity contribution in [2.75, 3.05) is 0 Å². The molecule has 1 heterocycles. The van der Waals surface area contributed by atoms with E-state index in [0.29, 0.717) is 0 Å². The quantitative estimate of drug-likeness (QED) is 0.484. The first-order chi connectivity index (χ1) is 4.13. The van der Waals surface area contributed by atoms with E-state index in [2.05, 4.69) is 0 Å². The zero-order chi connectivity index (χ0) is 7.02. The molecule has 1 aliphatic rings. The summed E-state index contributed by atoms with van der Waals surface area (Å²) in [7, 11) is 0. The second-order valence-electron chi connectivity index (χ2n) is 2.31. The fourth-order valence-corrected chi connectivity index (χ4v) is 0.755. The van der Waals surface area contributed by atoms with Gasteiger partial charge in [-0.15, -0.1) is 0 Å². The summed E-state index contributed by atoms with van der Waals surface area (Å²) < 4.78 is 4.72. The van der Waals surface area contributed by atoms with Crippen molar-refractivity contribution >= 4 is 11.7 Å². The highest BCUT2D eigenvalue weighted by molar-refractivity contribution is 6.37. The Morgan fingerprint density at radius 3 is 2.22 bits per heavy atom. The number of ether oxygens (including phenoxy) is 1. The van der Waals surface area contributed by atoms with Gasteiger partial charge in [0.25, 0.3) is 0 Å². The van der Waals surface area contributed by atoms with Crippen LogP contribution in [0.15, 0.2) is 0 Å². The lowest BCUT2D eigenvalue weighted by Gasteiger charge is -2.03. The molecule has 1 rings (SSSR count). The molecular weight excluding hydrogens is 118 g/mol. The maximum atomic E-state index is 10.5. The van der Waals surface area contributed by atoms with Crippen molar-refractivity contribution in [2.24, 2.45) is 5.92 Å². The van der Waals surface area contributed by atoms with Gasteiger partial charge in [-0.1, -0.05) is 6.92 Å². The number of carbonyl (C=O) groups excluding carboxylic acids is 1. The molecule has 0 saturated carbocycles. The van der Waals surface area contributed by atoms with E-state index in [-0.39, 0.29) is 17.7 Å². The fraction of sp³-hybridized carbons (Fsp3) is 0.667. The number of rotatable bonds is 0. The van der Waals surface area contributed by atoms with Gasteiger partial charge in [0.2, 0.25) is 0 Å². The molecule has 3 nitrogen and oxygen atoms in total. The molecule has 0 aromatic heterocycles. The van der Waals surface area contributed by atoms with E-state index in [1.54, 1.807) is 6.92 Å². The van der Waals surface area contributed by atoms with Crippen LogP contribution in [-0.4, -0.2) is 17.8 Å². The van der Waals surface area contributed by atoms with Gasteiger partial charge in [-0.25, -0.2) is 4.79 Å². The van der Waals surface area contributed by atoms with Gasteiger partial charge in [0.15, 0.2) is 0 Å². The molecular formula is C6H9NO2. The molecule has 1 aliphatic heterocycles. The molecule has 0 aromatic rings. The Hall–Kier alpha value is -0.860. The van der Waals surface area contributed by atoms with Gasteiger partial charge < -0.3 is 4.74 Å². The molecule has 2 atom stereocenters. The van der Waals surface area contributed by atoms with Crippen molar-refractivity contribution < 1.29 is 9.53 Å². The van der Waals surface area contributed by atoms with E-state index >= 15 is 0 Å². The number of carbonyl (C=O) groups is 1. The minimum atomic E-state index is -0.463. The average Bonchev–Trinajstić information content (AvgIpc) is 1.98. The van der Waals surface area contributed by atoms with Gasteiger partial charge >= 0.3 is 5.97 Å². The van der Waals surface area contributed by atoms with E-state index in [4.69, 9.17) is 10.1 Å². The van der Waals surface area contributed by atoms with Gasteiger partial charge in [0, 0.05) is 5.92 Å². The maximum absolute atomic E-state index is 10.5. The summed E-state index contributed by atoms with van der Waals surface area (Å²) in [5, 5.41) is 7.12. The van der Waals surface area contributed by atoms with E-state index < -0.39 is 5.97 Å². The van der Waals surface area contributed by atoms with Crippen LogP contribution in [0, 0.1) is 11.3 Å². The Morgan fingerprint density at radius 1 is 1.56 bits per heavy atom. The first-order valence-corrected chi connectivity index (χ1v) is 2.92. The molecule has 9 heavy (non-hydrogen) atoms. The second-order valence-corrected chi connectivity index (χ2v) is 2.31. The molecule has 50 valence electrons. The van der Waals surface area contributed by atoms with Crippen molar-refractivity contribution in [1.82, 2.24) is 0 Å². The Labute approximate surface area is 53.5 Å². The summed E-state index contributed by atoms with van der Waals surface area (Å²) in [6.07, 6.45) is -0.106. The van der Waals surface area contributed by atoms with Crippen LogP contribution in [0.5, 0.6) is 0 Å². The predicted molar refractivity (Wildman–Crippen MR) is 32.4 cm³/mol. The van der Waals surface area contributed by atoms with E-state index in [1.807, 2.05) is 6.92 Å². The van der Waals surface area contributed by atoms with Crippen molar-refractivity contribution in [3.63, 3.8) is 0 Å². The highest BCUT2D eigenvalue weighted by Gasteiger charge is 2.33. The third kappa shape index (κ3) is 0.823. The highest BCUT2D eigenvalue weighted by atomic mass is 16.5.